The van der Waals surface area contributed by atoms with Crippen molar-refractivity contribution in [1.29, 1.82) is 0 Å². The maximum absolute atomic E-state index is 13.3. The molecular weight excluding hydrogens is 256 g/mol. The summed E-state index contributed by atoms with van der Waals surface area (Å²) in [6, 6.07) is 0. The van der Waals surface area contributed by atoms with Crippen molar-refractivity contribution in [2.24, 2.45) is 5.92 Å². The molecule has 0 aromatic rings. The van der Waals surface area contributed by atoms with Crippen LogP contribution in [0.25, 0.3) is 0 Å². The van der Waals surface area contributed by atoms with Crippen molar-refractivity contribution in [2.75, 3.05) is 0 Å². The Morgan fingerprint density at radius 1 is 1.21 bits per heavy atom. The van der Waals surface area contributed by atoms with E-state index in [1.807, 2.05) is 0 Å². The Kier molecular flexibility index (Phi) is 3.78. The first-order chi connectivity index (χ1) is 8.82. The number of aliphatic carboxylic acids is 1. The zero-order valence-corrected chi connectivity index (χ0v) is 10.8. The molecule has 2 rings (SSSR count). The van der Waals surface area contributed by atoms with E-state index >= 15 is 0 Å². The summed E-state index contributed by atoms with van der Waals surface area (Å²) in [6.07, 6.45) is 2.22. The van der Waals surface area contributed by atoms with Crippen LogP contribution >= 0.6 is 0 Å². The smallest absolute Gasteiger partial charge is 0.305 e. The van der Waals surface area contributed by atoms with Gasteiger partial charge >= 0.3 is 5.97 Å². The molecule has 1 amide bonds. The molecule has 108 valence electrons. The molecule has 2 N–H and O–H groups in total. The number of alkyl halides is 2. The summed E-state index contributed by atoms with van der Waals surface area (Å²) in [5.74, 6) is -4.82. The summed E-state index contributed by atoms with van der Waals surface area (Å²) in [5.41, 5.74) is -0.699. The Balaban J connectivity index is 1.94. The van der Waals surface area contributed by atoms with Gasteiger partial charge in [0.1, 0.15) is 0 Å². The van der Waals surface area contributed by atoms with E-state index in [4.69, 9.17) is 5.11 Å². The molecule has 0 aliphatic heterocycles. The molecule has 6 heteroatoms. The van der Waals surface area contributed by atoms with Crippen LogP contribution in [0, 0.1) is 5.92 Å². The molecule has 2 saturated carbocycles. The van der Waals surface area contributed by atoms with Gasteiger partial charge in [-0.1, -0.05) is 0 Å². The average Bonchev–Trinajstić information content (AvgIpc) is 2.23. The van der Waals surface area contributed by atoms with Gasteiger partial charge in [0.15, 0.2) is 0 Å². The van der Waals surface area contributed by atoms with Crippen LogP contribution in [-0.4, -0.2) is 28.4 Å². The lowest BCUT2D eigenvalue weighted by molar-refractivity contribution is -0.142. The number of nitrogens with one attached hydrogen (secondary N) is 1. The van der Waals surface area contributed by atoms with E-state index in [1.54, 1.807) is 0 Å². The molecule has 2 aliphatic carbocycles. The Bertz CT molecular complexity index is 380. The van der Waals surface area contributed by atoms with E-state index in [0.717, 1.165) is 6.42 Å². The monoisotopic (exact) mass is 275 g/mol. The van der Waals surface area contributed by atoms with Gasteiger partial charge in [-0.15, -0.1) is 0 Å². The van der Waals surface area contributed by atoms with Crippen LogP contribution in [0.4, 0.5) is 8.78 Å². The van der Waals surface area contributed by atoms with Crippen LogP contribution in [0.3, 0.4) is 0 Å². The van der Waals surface area contributed by atoms with Gasteiger partial charge in [-0.05, 0) is 32.1 Å². The number of carboxylic acids is 1. The van der Waals surface area contributed by atoms with Crippen LogP contribution in [0.15, 0.2) is 0 Å². The topological polar surface area (TPSA) is 66.4 Å². The first-order valence-corrected chi connectivity index (χ1v) is 6.74. The number of rotatable bonds is 4. The number of carbonyl (C=O) groups excluding carboxylic acids is 1. The molecule has 1 atom stereocenters. The summed E-state index contributed by atoms with van der Waals surface area (Å²) in [5, 5.41) is 11.6. The molecule has 1 unspecified atom stereocenters. The third-order valence-corrected chi connectivity index (χ3v) is 4.20. The molecule has 4 nitrogen and oxygen atoms in total. The van der Waals surface area contributed by atoms with E-state index in [2.05, 4.69) is 5.32 Å². The van der Waals surface area contributed by atoms with E-state index in [1.165, 1.54) is 0 Å². The summed E-state index contributed by atoms with van der Waals surface area (Å²) in [6.45, 7) is 0. The number of halogens is 2. The summed E-state index contributed by atoms with van der Waals surface area (Å²) in [4.78, 5) is 22.8. The molecular formula is C13H19F2NO3. The van der Waals surface area contributed by atoms with Crippen LogP contribution in [0.1, 0.15) is 51.4 Å². The average molecular weight is 275 g/mol. The van der Waals surface area contributed by atoms with Gasteiger partial charge in [-0.25, -0.2) is 8.78 Å². The summed E-state index contributed by atoms with van der Waals surface area (Å²) >= 11 is 0. The van der Waals surface area contributed by atoms with Gasteiger partial charge in [0.2, 0.25) is 11.8 Å². The quantitative estimate of drug-likeness (QED) is 0.827. The van der Waals surface area contributed by atoms with E-state index in [9.17, 15) is 18.4 Å². The minimum absolute atomic E-state index is 0.123. The molecule has 0 radical (unpaired) electrons. The highest BCUT2D eigenvalue weighted by Crippen LogP contribution is 2.39. The molecule has 0 saturated heterocycles. The van der Waals surface area contributed by atoms with Gasteiger partial charge < -0.3 is 10.4 Å². The van der Waals surface area contributed by atoms with Crippen molar-refractivity contribution in [3.8, 4) is 0 Å². The molecule has 19 heavy (non-hydrogen) atoms. The number of carboxylic acid groups (broad SMARTS) is 1. The summed E-state index contributed by atoms with van der Waals surface area (Å²) in [7, 11) is 0. The Morgan fingerprint density at radius 2 is 1.89 bits per heavy atom. The molecule has 0 heterocycles. The predicted octanol–water partition coefficient (Wildman–Crippen LogP) is 2.33. The van der Waals surface area contributed by atoms with Crippen LogP contribution in [-0.2, 0) is 9.59 Å². The highest BCUT2D eigenvalue weighted by atomic mass is 19.3. The van der Waals surface area contributed by atoms with Gasteiger partial charge in [-0.2, -0.15) is 0 Å². The lowest BCUT2D eigenvalue weighted by Gasteiger charge is -2.43. The lowest BCUT2D eigenvalue weighted by atomic mass is 9.73. The minimum atomic E-state index is -2.76. The van der Waals surface area contributed by atoms with Gasteiger partial charge in [0.05, 0.1) is 12.0 Å². The molecule has 0 bridgehead atoms. The molecule has 2 fully saturated rings. The zero-order valence-electron chi connectivity index (χ0n) is 10.8. The molecule has 0 aromatic heterocycles. The molecule has 2 aliphatic rings. The first-order valence-electron chi connectivity index (χ1n) is 6.74. The highest BCUT2D eigenvalue weighted by Gasteiger charge is 2.44. The normalized spacial score (nSPS) is 28.2. The van der Waals surface area contributed by atoms with Gasteiger partial charge in [0, 0.05) is 18.8 Å². The summed E-state index contributed by atoms with van der Waals surface area (Å²) < 4.78 is 26.6. The van der Waals surface area contributed by atoms with Crippen LogP contribution in [0.5, 0.6) is 0 Å². The zero-order chi connectivity index (χ0) is 14.1. The molecule has 0 aromatic carbocycles. The largest absolute Gasteiger partial charge is 0.481 e. The Labute approximate surface area is 110 Å². The van der Waals surface area contributed by atoms with E-state index in [0.29, 0.717) is 25.7 Å². The van der Waals surface area contributed by atoms with Gasteiger partial charge in [-0.3, -0.25) is 9.59 Å². The fraction of sp³-hybridized carbons (Fsp3) is 0.846. The highest BCUT2D eigenvalue weighted by molar-refractivity contribution is 5.81. The third kappa shape index (κ3) is 3.42. The maximum Gasteiger partial charge on any atom is 0.305 e. The van der Waals surface area contributed by atoms with Crippen LogP contribution < -0.4 is 5.32 Å². The second kappa shape index (κ2) is 5.06. The number of amides is 1. The van der Waals surface area contributed by atoms with Crippen molar-refractivity contribution in [3.63, 3.8) is 0 Å². The SMILES string of the molecule is O=C(O)CC1(NC(=O)C2CCCC(F)(F)C2)CCC1. The molecule has 0 spiro atoms. The second-order valence-electron chi connectivity index (χ2n) is 5.84. The predicted molar refractivity (Wildman–Crippen MR) is 63.9 cm³/mol. The van der Waals surface area contributed by atoms with E-state index < -0.39 is 35.7 Å². The first kappa shape index (κ1) is 14.2. The number of carbonyl (C=O) groups is 2. The fourth-order valence-corrected chi connectivity index (χ4v) is 3.00. The fourth-order valence-electron chi connectivity index (χ4n) is 3.00. The minimum Gasteiger partial charge on any atom is -0.481 e. The second-order valence-corrected chi connectivity index (χ2v) is 5.84. The van der Waals surface area contributed by atoms with Crippen molar-refractivity contribution in [1.82, 2.24) is 5.32 Å². The van der Waals surface area contributed by atoms with Crippen molar-refractivity contribution < 1.29 is 23.5 Å². The van der Waals surface area contributed by atoms with Crippen molar-refractivity contribution in [3.05, 3.63) is 0 Å². The van der Waals surface area contributed by atoms with Crippen molar-refractivity contribution in [2.45, 2.75) is 62.8 Å². The van der Waals surface area contributed by atoms with E-state index in [-0.39, 0.29) is 12.8 Å². The maximum atomic E-state index is 13.3. The van der Waals surface area contributed by atoms with Crippen LogP contribution in [0.2, 0.25) is 0 Å². The standard InChI is InChI=1S/C13H19F2NO3/c14-13(15)6-1-3-9(7-13)11(19)16-12(4-2-5-12)8-10(17)18/h9H,1-8H2,(H,16,19)(H,17,18). The third-order valence-electron chi connectivity index (χ3n) is 4.20. The Morgan fingerprint density at radius 3 is 2.37 bits per heavy atom. The Hall–Kier alpha value is -1.20. The number of hydrogen-bond donors (Lipinski definition) is 2. The lowest BCUT2D eigenvalue weighted by Crippen LogP contribution is -2.56. The van der Waals surface area contributed by atoms with Crippen molar-refractivity contribution >= 4 is 11.9 Å². The number of hydrogen-bond acceptors (Lipinski definition) is 2. The van der Waals surface area contributed by atoms with Gasteiger partial charge in [0.25, 0.3) is 0 Å².